The summed E-state index contributed by atoms with van der Waals surface area (Å²) in [5.41, 5.74) is 8.02. The van der Waals surface area contributed by atoms with Crippen LogP contribution in [0.5, 0.6) is 0 Å². The molecule has 2 unspecified atom stereocenters. The van der Waals surface area contributed by atoms with E-state index in [2.05, 4.69) is 20.6 Å². The van der Waals surface area contributed by atoms with Crippen LogP contribution in [0.3, 0.4) is 0 Å². The quantitative estimate of drug-likeness (QED) is 0.298. The third-order valence-electron chi connectivity index (χ3n) is 4.11. The molecule has 3 rings (SSSR count). The summed E-state index contributed by atoms with van der Waals surface area (Å²) in [6, 6.07) is 9.24. The third-order valence-corrected chi connectivity index (χ3v) is 6.17. The highest BCUT2D eigenvalue weighted by Crippen LogP contribution is 2.27. The van der Waals surface area contributed by atoms with E-state index in [0.29, 0.717) is 23.2 Å². The van der Waals surface area contributed by atoms with Crippen molar-refractivity contribution in [3.05, 3.63) is 64.6 Å². The number of halogens is 1. The van der Waals surface area contributed by atoms with Crippen molar-refractivity contribution in [2.75, 3.05) is 12.3 Å². The molecule has 0 spiro atoms. The van der Waals surface area contributed by atoms with Crippen LogP contribution < -0.4 is 21.5 Å². The number of nitrogens with two attached hydrogens (primary N) is 2. The lowest BCUT2D eigenvalue weighted by Crippen LogP contribution is -2.38. The molecule has 0 aliphatic carbocycles. The Labute approximate surface area is 176 Å². The van der Waals surface area contributed by atoms with E-state index in [1.54, 1.807) is 17.8 Å². The van der Waals surface area contributed by atoms with Crippen molar-refractivity contribution < 1.29 is 4.55 Å². The minimum Gasteiger partial charge on any atom is -0.593 e. The molecule has 148 valence electrons. The number of nitrogens with zero attached hydrogens (tertiary/aromatic N) is 2. The molecular weight excluding hydrogens is 416 g/mol. The Bertz CT molecular complexity index is 888. The number of pyridine rings is 1. The SMILES string of the molecule is Cc1c(Cl)cccc1C1C=C(NCCSc2ccc([S+](N)[O-])cn2)N=C(N)N1. The number of benzene rings is 1. The molecule has 1 aliphatic heterocycles. The second-order valence-corrected chi connectivity index (χ2v) is 8.62. The molecule has 0 amide bonds. The second-order valence-electron chi connectivity index (χ2n) is 6.03. The van der Waals surface area contributed by atoms with Crippen molar-refractivity contribution in [2.24, 2.45) is 15.9 Å². The number of rotatable bonds is 7. The van der Waals surface area contributed by atoms with Crippen molar-refractivity contribution in [3.63, 3.8) is 0 Å². The van der Waals surface area contributed by atoms with E-state index in [4.69, 9.17) is 22.5 Å². The zero-order valence-corrected chi connectivity index (χ0v) is 17.6. The van der Waals surface area contributed by atoms with Gasteiger partial charge in [-0.2, -0.15) is 4.99 Å². The average Bonchev–Trinajstić information content (AvgIpc) is 2.67. The lowest BCUT2D eigenvalue weighted by molar-refractivity contribution is 0.596. The Balaban J connectivity index is 1.57. The van der Waals surface area contributed by atoms with Crippen LogP contribution in [0.15, 0.2) is 63.3 Å². The lowest BCUT2D eigenvalue weighted by Gasteiger charge is -2.24. The van der Waals surface area contributed by atoms with Crippen LogP contribution in [0.1, 0.15) is 17.2 Å². The molecule has 2 heterocycles. The first kappa shape index (κ1) is 20.8. The van der Waals surface area contributed by atoms with E-state index in [0.717, 1.165) is 26.9 Å². The van der Waals surface area contributed by atoms with Gasteiger partial charge in [-0.25, -0.2) is 4.98 Å². The number of hydrogen-bond donors (Lipinski definition) is 4. The second kappa shape index (κ2) is 9.53. The first-order valence-corrected chi connectivity index (χ1v) is 11.1. The molecule has 2 aromatic rings. The van der Waals surface area contributed by atoms with Crippen molar-refractivity contribution in [1.82, 2.24) is 15.6 Å². The zero-order chi connectivity index (χ0) is 20.1. The Morgan fingerprint density at radius 3 is 2.89 bits per heavy atom. The largest absolute Gasteiger partial charge is 0.593 e. The lowest BCUT2D eigenvalue weighted by atomic mass is 10.0. The van der Waals surface area contributed by atoms with Gasteiger partial charge in [0.25, 0.3) is 0 Å². The molecule has 1 aromatic carbocycles. The molecule has 0 fully saturated rings. The highest BCUT2D eigenvalue weighted by Gasteiger charge is 2.18. The third kappa shape index (κ3) is 5.33. The van der Waals surface area contributed by atoms with Gasteiger partial charge in [0.05, 0.1) is 28.6 Å². The molecule has 7 nitrogen and oxygen atoms in total. The molecule has 10 heteroatoms. The van der Waals surface area contributed by atoms with E-state index in [9.17, 15) is 4.55 Å². The highest BCUT2D eigenvalue weighted by molar-refractivity contribution is 7.99. The Kier molecular flexibility index (Phi) is 7.08. The molecule has 6 N–H and O–H groups in total. The summed E-state index contributed by atoms with van der Waals surface area (Å²) < 4.78 is 11.2. The predicted molar refractivity (Wildman–Crippen MR) is 115 cm³/mol. The van der Waals surface area contributed by atoms with E-state index < -0.39 is 11.4 Å². The minimum absolute atomic E-state index is 0.0994. The van der Waals surface area contributed by atoms with Crippen molar-refractivity contribution in [3.8, 4) is 0 Å². The monoisotopic (exact) mass is 436 g/mol. The maximum absolute atomic E-state index is 11.2. The van der Waals surface area contributed by atoms with Crippen LogP contribution in [-0.4, -0.2) is 27.8 Å². The van der Waals surface area contributed by atoms with Crippen LogP contribution in [0.25, 0.3) is 0 Å². The van der Waals surface area contributed by atoms with Crippen LogP contribution in [0.2, 0.25) is 5.02 Å². The van der Waals surface area contributed by atoms with Gasteiger partial charge in [0.1, 0.15) is 5.82 Å². The number of aromatic nitrogens is 1. The van der Waals surface area contributed by atoms with Crippen LogP contribution in [0.4, 0.5) is 0 Å². The molecule has 1 aliphatic rings. The van der Waals surface area contributed by atoms with Crippen molar-refractivity contribution in [1.29, 1.82) is 0 Å². The van der Waals surface area contributed by atoms with Gasteiger partial charge in [-0.05, 0) is 42.3 Å². The number of thioether (sulfide) groups is 1. The summed E-state index contributed by atoms with van der Waals surface area (Å²) >= 11 is 6.31. The smallest absolute Gasteiger partial charge is 0.195 e. The van der Waals surface area contributed by atoms with E-state index in [1.165, 1.54) is 6.20 Å². The fraction of sp³-hybridized carbons (Fsp3) is 0.222. The summed E-state index contributed by atoms with van der Waals surface area (Å²) in [7, 11) is 0. The van der Waals surface area contributed by atoms with E-state index in [-0.39, 0.29) is 6.04 Å². The summed E-state index contributed by atoms with van der Waals surface area (Å²) in [5, 5.41) is 13.3. The molecule has 28 heavy (non-hydrogen) atoms. The van der Waals surface area contributed by atoms with E-state index in [1.807, 2.05) is 37.3 Å². The van der Waals surface area contributed by atoms with Gasteiger partial charge in [-0.15, -0.1) is 16.9 Å². The topological polar surface area (TPSA) is 124 Å². The Morgan fingerprint density at radius 2 is 2.18 bits per heavy atom. The number of hydrogen-bond acceptors (Lipinski definition) is 8. The number of guanidine groups is 1. The van der Waals surface area contributed by atoms with Crippen LogP contribution in [-0.2, 0) is 11.4 Å². The number of nitrogens with one attached hydrogen (secondary N) is 2. The van der Waals surface area contributed by atoms with Gasteiger partial charge in [-0.1, -0.05) is 23.7 Å². The Morgan fingerprint density at radius 1 is 1.36 bits per heavy atom. The summed E-state index contributed by atoms with van der Waals surface area (Å²) in [6.45, 7) is 2.66. The molecule has 0 radical (unpaired) electrons. The highest BCUT2D eigenvalue weighted by atomic mass is 35.5. The molecule has 0 saturated carbocycles. The fourth-order valence-corrected chi connectivity index (χ4v) is 3.94. The summed E-state index contributed by atoms with van der Waals surface area (Å²) in [4.78, 5) is 9.07. The predicted octanol–water partition coefficient (Wildman–Crippen LogP) is 2.21. The first-order chi connectivity index (χ1) is 13.4. The standard InChI is InChI=1S/C18H21ClN6OS2/c1-11-13(3-2-4-14(11)19)15-9-16(25-18(20)24-15)22-7-8-27-17-6-5-12(10-23-17)28(21)26/h2-6,9-10,15,22H,7-8,21H2,1H3,(H3,20,24,25). The summed E-state index contributed by atoms with van der Waals surface area (Å²) in [5.74, 6) is 1.84. The molecule has 1 aromatic heterocycles. The van der Waals surface area contributed by atoms with Crippen molar-refractivity contribution in [2.45, 2.75) is 22.9 Å². The molecular formula is C18H21ClN6OS2. The zero-order valence-electron chi connectivity index (χ0n) is 15.2. The van der Waals surface area contributed by atoms with Gasteiger partial charge >= 0.3 is 0 Å². The normalized spacial score (nSPS) is 17.4. The van der Waals surface area contributed by atoms with Crippen LogP contribution >= 0.6 is 23.4 Å². The molecule has 2 atom stereocenters. The minimum atomic E-state index is -1.51. The van der Waals surface area contributed by atoms with Gasteiger partial charge in [-0.3, -0.25) is 0 Å². The van der Waals surface area contributed by atoms with Gasteiger partial charge < -0.3 is 20.9 Å². The maximum atomic E-state index is 11.2. The van der Waals surface area contributed by atoms with Gasteiger partial charge in [0.15, 0.2) is 10.9 Å². The van der Waals surface area contributed by atoms with Gasteiger partial charge in [0.2, 0.25) is 0 Å². The maximum Gasteiger partial charge on any atom is 0.195 e. The molecule has 0 bridgehead atoms. The fourth-order valence-electron chi connectivity index (χ4n) is 2.69. The molecule has 0 saturated heterocycles. The summed E-state index contributed by atoms with van der Waals surface area (Å²) in [6.07, 6.45) is 3.52. The average molecular weight is 437 g/mol. The van der Waals surface area contributed by atoms with Crippen LogP contribution in [0, 0.1) is 6.92 Å². The first-order valence-electron chi connectivity index (χ1n) is 8.50. The van der Waals surface area contributed by atoms with Crippen molar-refractivity contribution >= 4 is 40.7 Å². The number of aliphatic imine (C=N–C) groups is 1. The Hall–Kier alpha value is -1.91. The van der Waals surface area contributed by atoms with E-state index >= 15 is 0 Å². The van der Waals surface area contributed by atoms with Gasteiger partial charge in [0, 0.05) is 17.3 Å².